The van der Waals surface area contributed by atoms with Gasteiger partial charge in [-0.05, 0) is 241 Å². The zero-order valence-electron chi connectivity index (χ0n) is 71.5. The topological polar surface area (TPSA) is 442 Å². The summed E-state index contributed by atoms with van der Waals surface area (Å²) in [5.41, 5.74) is 7.63. The van der Waals surface area contributed by atoms with Crippen LogP contribution in [0, 0.1) is 0 Å². The molecular weight excluding hydrogens is 1730 g/mol. The Kier molecular flexibility index (Phi) is 19.1. The summed E-state index contributed by atoms with van der Waals surface area (Å²) < 4.78 is 29.8. The molecule has 0 radical (unpaired) electrons. The van der Waals surface area contributed by atoms with Gasteiger partial charge in [0.05, 0.1) is 23.7 Å². The molecule has 4 heterocycles. The Morgan fingerprint density at radius 2 is 0.478 bits per heavy atom. The first-order chi connectivity index (χ1) is 65.6. The van der Waals surface area contributed by atoms with E-state index in [0.717, 1.165) is 12.1 Å². The van der Waals surface area contributed by atoms with Crippen LogP contribution >= 0.6 is 0 Å². The molecule has 0 bridgehead atoms. The number of hydrogen-bond donors (Lipinski definition) is 20. The summed E-state index contributed by atoms with van der Waals surface area (Å²) in [6.07, 6.45) is -4.65. The van der Waals surface area contributed by atoms with Gasteiger partial charge in [0, 0.05) is 134 Å². The van der Waals surface area contributed by atoms with Gasteiger partial charge in [-0.15, -0.1) is 0 Å². The van der Waals surface area contributed by atoms with Crippen LogP contribution in [0.4, 0.5) is 0 Å². The van der Waals surface area contributed by atoms with Gasteiger partial charge in [-0.25, -0.2) is 0 Å². The van der Waals surface area contributed by atoms with Crippen molar-refractivity contribution in [3.05, 3.63) is 425 Å². The number of rotatable bonds is 14. The molecule has 20 N–H and O–H groups in total. The molecule has 136 heavy (non-hydrogen) atoms. The zero-order valence-corrected chi connectivity index (χ0v) is 71.5. The third kappa shape index (κ3) is 13.3. The molecule has 0 saturated heterocycles. The quantitative estimate of drug-likeness (QED) is 0.0481. The van der Waals surface area contributed by atoms with Crippen molar-refractivity contribution < 1.29 is 121 Å². The first-order valence-corrected chi connectivity index (χ1v) is 44.3. The van der Waals surface area contributed by atoms with E-state index in [-0.39, 0.29) is 165 Å². The summed E-state index contributed by atoms with van der Waals surface area (Å²) >= 11 is 0. The van der Waals surface area contributed by atoms with Gasteiger partial charge in [0.25, 0.3) is 0 Å². The van der Waals surface area contributed by atoms with Crippen molar-refractivity contribution in [3.8, 4) is 138 Å². The predicted molar refractivity (Wildman–Crippen MR) is 496 cm³/mol. The smallest absolute Gasteiger partial charge is 0.135 e. The molecule has 0 fully saturated rings. The summed E-state index contributed by atoms with van der Waals surface area (Å²) in [6, 6.07) is 73.0. The molecule has 4 aliphatic heterocycles. The van der Waals surface area contributed by atoms with Gasteiger partial charge < -0.3 is 121 Å². The highest BCUT2D eigenvalue weighted by Crippen LogP contribution is 2.75. The van der Waals surface area contributed by atoms with Crippen LogP contribution in [0.3, 0.4) is 0 Å². The van der Waals surface area contributed by atoms with E-state index in [1.807, 2.05) is 0 Å². The summed E-state index contributed by atoms with van der Waals surface area (Å²) in [7, 11) is 0. The molecular formula is C112H84O24. The van der Waals surface area contributed by atoms with Crippen molar-refractivity contribution in [2.45, 2.75) is 95.4 Å². The van der Waals surface area contributed by atoms with Gasteiger partial charge in [-0.1, -0.05) is 97.1 Å². The number of phenols is 20. The third-order valence-corrected chi connectivity index (χ3v) is 28.9. The summed E-state index contributed by atoms with van der Waals surface area (Å²) in [5, 5.41) is 246. The standard InChI is InChI=1S/C112H84O24/c113-59-17-1-49(2-18-59)87-93-75(39-71(125)43-80(93)129)100-96-78(42-74(128)46-85(96)134-110(100)55-13-29-65(119)30-14-55)97(87)98-79-47-82(131)104(112-102(79)101(111(136-112)56-15-31-66(120)32-16-56)76-40-72(126)44-81(130)94(76)88(98)50-3-19-60(114)20-4-50)90(52-7-23-62(116)24-8-52)106-89(51-5-21-61(115)22-6-51)99(77-41-73(127)45-84-95(77)91(57-33-67(121)37-68(122)34-57)108(133-84)53-9-25-63(117)26-10-53)103-83(132)48-86-105(107(103)106)92(58-35-69(123)38-70(124)36-58)109(135-86)54-11-27-64(118)28-12-54/h1-48,87-92,97-101,106,108-111,113-132H/t87-,88-,89-,90-,91+,92-,97-,98-,99-,100-,101-,106-,108-,109+,110+,111+/m0/s1. The molecule has 23 rings (SSSR count). The van der Waals surface area contributed by atoms with Crippen molar-refractivity contribution in [1.29, 1.82) is 0 Å². The van der Waals surface area contributed by atoms with Crippen LogP contribution in [0.25, 0.3) is 0 Å². The first-order valence-electron chi connectivity index (χ1n) is 44.3. The van der Waals surface area contributed by atoms with E-state index in [0.29, 0.717) is 77.9 Å². The van der Waals surface area contributed by atoms with Crippen molar-refractivity contribution in [2.24, 2.45) is 0 Å². The second kappa shape index (κ2) is 31.2. The number of aromatic hydroxyl groups is 20. The molecule has 16 aromatic rings. The zero-order chi connectivity index (χ0) is 93.7. The molecule has 24 nitrogen and oxygen atoms in total. The maximum atomic E-state index is 15.4. The third-order valence-electron chi connectivity index (χ3n) is 28.9. The molecule has 16 aromatic carbocycles. The lowest BCUT2D eigenvalue weighted by molar-refractivity contribution is 0.217. The van der Waals surface area contributed by atoms with E-state index in [1.54, 1.807) is 109 Å². The van der Waals surface area contributed by atoms with E-state index in [1.165, 1.54) is 170 Å². The molecule has 676 valence electrons. The predicted octanol–water partition coefficient (Wildman–Crippen LogP) is 20.9. The Balaban J connectivity index is 0.882. The number of benzene rings is 16. The van der Waals surface area contributed by atoms with E-state index in [2.05, 4.69) is 0 Å². The molecule has 0 saturated carbocycles. The Morgan fingerprint density at radius 3 is 0.890 bits per heavy atom. The largest absolute Gasteiger partial charge is 0.508 e. The maximum Gasteiger partial charge on any atom is 0.135 e. The highest BCUT2D eigenvalue weighted by atomic mass is 16.5. The number of phenolic OH excluding ortho intramolecular Hbond substituents is 20. The number of fused-ring (bicyclic) bond motifs is 8. The van der Waals surface area contributed by atoms with E-state index >= 15 is 5.11 Å². The van der Waals surface area contributed by atoms with Crippen molar-refractivity contribution in [1.82, 2.24) is 0 Å². The van der Waals surface area contributed by atoms with Gasteiger partial charge in [-0.2, -0.15) is 0 Å². The lowest BCUT2D eigenvalue weighted by atomic mass is 9.61. The Labute approximate surface area is 774 Å². The van der Waals surface area contributed by atoms with Crippen LogP contribution in [0.1, 0.15) is 229 Å². The Bertz CT molecular complexity index is 7520. The monoisotopic (exact) mass is 1810 g/mol. The number of hydrogen-bond acceptors (Lipinski definition) is 24. The molecule has 16 atom stereocenters. The van der Waals surface area contributed by atoms with Gasteiger partial charge >= 0.3 is 0 Å². The molecule has 0 unspecified atom stereocenters. The van der Waals surface area contributed by atoms with Crippen LogP contribution in [0.5, 0.6) is 138 Å². The minimum atomic E-state index is -1.50. The fourth-order valence-corrected chi connectivity index (χ4v) is 23.9. The summed E-state index contributed by atoms with van der Waals surface area (Å²) in [5.74, 6) is -20.8. The van der Waals surface area contributed by atoms with Gasteiger partial charge in [0.2, 0.25) is 0 Å². The number of ether oxygens (including phenoxy) is 4. The molecule has 0 amide bonds. The van der Waals surface area contributed by atoms with Gasteiger partial charge in [-0.3, -0.25) is 0 Å². The maximum absolute atomic E-state index is 15.4. The summed E-state index contributed by atoms with van der Waals surface area (Å²) in [4.78, 5) is 0. The second-order valence-corrected chi connectivity index (χ2v) is 36.5. The average Bonchev–Trinajstić information content (AvgIpc) is 1.52. The minimum Gasteiger partial charge on any atom is -0.508 e. The first kappa shape index (κ1) is 83.1. The van der Waals surface area contributed by atoms with Crippen LogP contribution in [0.2, 0.25) is 0 Å². The van der Waals surface area contributed by atoms with Crippen LogP contribution < -0.4 is 18.9 Å². The molecule has 0 aromatic heterocycles. The van der Waals surface area contributed by atoms with Crippen LogP contribution in [-0.4, -0.2) is 102 Å². The van der Waals surface area contributed by atoms with Crippen molar-refractivity contribution in [3.63, 3.8) is 0 Å². The van der Waals surface area contributed by atoms with Gasteiger partial charge in [0.1, 0.15) is 162 Å². The molecule has 7 aliphatic rings. The highest BCUT2D eigenvalue weighted by molar-refractivity contribution is 5.78. The average molecular weight is 1810 g/mol. The molecule has 0 spiro atoms. The van der Waals surface area contributed by atoms with E-state index < -0.39 is 124 Å². The minimum absolute atomic E-state index is 0.00987. The SMILES string of the molecule is Oc1ccc([C@@H](c2c(O)cc3c4c2O[C@H](c2ccc(O)cc2)[C@H]4c2cc(O)cc(O)c2[C@H](c2ccc(O)cc2)[C@H]3[C@H]2c3cc(O)cc4c3[C@H](c3cc(O)cc(O)c3[C@@H]2c2ccc(O)cc2)[C@@H](c2ccc(O)cc2)O4)[C@H]2c3c(c(O)cc4c3[C@H](c3cc(O)cc(O)c3)[C@@H](c3ccc(O)cc3)O4)[C@@H](c3cc(O)cc4c3[C@@H](c3cc(O)cc(O)c3)[C@H](c3ccc(O)cc3)O4)[C@@H]2c2ccc(O)cc2)cc1. The van der Waals surface area contributed by atoms with Crippen molar-refractivity contribution >= 4 is 0 Å². The lowest BCUT2D eigenvalue weighted by Gasteiger charge is -2.41. The van der Waals surface area contributed by atoms with Crippen LogP contribution in [0.15, 0.2) is 291 Å². The van der Waals surface area contributed by atoms with Gasteiger partial charge in [0.15, 0.2) is 0 Å². The molecule has 3 aliphatic carbocycles. The Morgan fingerprint density at radius 1 is 0.176 bits per heavy atom. The fraction of sp³-hybridized carbons (Fsp3) is 0.143. The van der Waals surface area contributed by atoms with E-state index in [4.69, 9.17) is 18.9 Å². The highest BCUT2D eigenvalue weighted by Gasteiger charge is 2.60. The summed E-state index contributed by atoms with van der Waals surface area (Å²) in [6.45, 7) is 0. The van der Waals surface area contributed by atoms with Crippen LogP contribution in [-0.2, 0) is 0 Å². The molecule has 24 heteroatoms. The fourth-order valence-electron chi connectivity index (χ4n) is 23.9. The lowest BCUT2D eigenvalue weighted by Crippen LogP contribution is -2.27. The van der Waals surface area contributed by atoms with E-state index in [9.17, 15) is 97.0 Å². The Hall–Kier alpha value is -17.3. The van der Waals surface area contributed by atoms with Crippen molar-refractivity contribution in [2.75, 3.05) is 0 Å². The second-order valence-electron chi connectivity index (χ2n) is 36.5. The normalized spacial score (nSPS) is 22.2.